The Labute approximate surface area is 72.5 Å². The molecule has 11 heavy (non-hydrogen) atoms. The van der Waals surface area contributed by atoms with Crippen molar-refractivity contribution in [3.8, 4) is 0 Å². The lowest BCUT2D eigenvalue weighted by Crippen LogP contribution is -2.47. The first kappa shape index (κ1) is 9.27. The maximum atomic E-state index is 2.80. The van der Waals surface area contributed by atoms with Crippen LogP contribution in [0.2, 0.25) is 12.1 Å². The maximum Gasteiger partial charge on any atom is 0.112 e. The largest absolute Gasteiger partial charge is 0.324 e. The van der Waals surface area contributed by atoms with Gasteiger partial charge in [0, 0.05) is 0 Å². The fourth-order valence-corrected chi connectivity index (χ4v) is 4.74. The molecule has 1 aliphatic rings. The van der Waals surface area contributed by atoms with E-state index in [9.17, 15) is 0 Å². The summed E-state index contributed by atoms with van der Waals surface area (Å²) < 4.78 is 2.80. The van der Waals surface area contributed by atoms with Crippen molar-refractivity contribution in [1.82, 2.24) is 4.57 Å². The first-order valence-corrected chi connectivity index (χ1v) is 7.16. The van der Waals surface area contributed by atoms with Gasteiger partial charge in [-0.15, -0.1) is 0 Å². The van der Waals surface area contributed by atoms with Crippen LogP contribution in [0.1, 0.15) is 33.6 Å². The van der Waals surface area contributed by atoms with Crippen LogP contribution in [-0.4, -0.2) is 26.1 Å². The standard InChI is InChI=1S/C9H21NSi/c1-4-6-10(9(2)3)11-7-5-8-11/h9,11H,4-8H2,1-3H3. The van der Waals surface area contributed by atoms with Gasteiger partial charge in [0.1, 0.15) is 8.96 Å². The first-order valence-electron chi connectivity index (χ1n) is 5.01. The van der Waals surface area contributed by atoms with E-state index in [1.807, 2.05) is 0 Å². The van der Waals surface area contributed by atoms with E-state index in [4.69, 9.17) is 0 Å². The van der Waals surface area contributed by atoms with Crippen molar-refractivity contribution >= 4 is 8.96 Å². The van der Waals surface area contributed by atoms with Crippen molar-refractivity contribution in [2.75, 3.05) is 6.54 Å². The molecule has 0 N–H and O–H groups in total. The van der Waals surface area contributed by atoms with Gasteiger partial charge in [0.15, 0.2) is 0 Å². The van der Waals surface area contributed by atoms with Gasteiger partial charge < -0.3 is 4.57 Å². The number of hydrogen-bond donors (Lipinski definition) is 0. The molecule has 0 saturated carbocycles. The number of nitrogens with zero attached hydrogens (tertiary/aromatic N) is 1. The van der Waals surface area contributed by atoms with Crippen LogP contribution in [0.5, 0.6) is 0 Å². The van der Waals surface area contributed by atoms with Gasteiger partial charge in [0.05, 0.1) is 0 Å². The van der Waals surface area contributed by atoms with Gasteiger partial charge in [-0.05, 0) is 31.1 Å². The summed E-state index contributed by atoms with van der Waals surface area (Å²) in [5.74, 6) is 0. The highest BCUT2D eigenvalue weighted by molar-refractivity contribution is 6.58. The van der Waals surface area contributed by atoms with E-state index in [2.05, 4.69) is 25.3 Å². The summed E-state index contributed by atoms with van der Waals surface area (Å²) in [6.45, 7) is 8.35. The van der Waals surface area contributed by atoms with Crippen LogP contribution in [0.15, 0.2) is 0 Å². The molecule has 1 fully saturated rings. The molecule has 0 spiro atoms. The normalized spacial score (nSPS) is 19.4. The van der Waals surface area contributed by atoms with E-state index in [1.54, 1.807) is 12.1 Å². The summed E-state index contributed by atoms with van der Waals surface area (Å²) in [4.78, 5) is 0. The van der Waals surface area contributed by atoms with Gasteiger partial charge in [-0.25, -0.2) is 0 Å². The van der Waals surface area contributed by atoms with Gasteiger partial charge in [-0.2, -0.15) is 0 Å². The Morgan fingerprint density at radius 3 is 2.27 bits per heavy atom. The Balaban J connectivity index is 2.31. The Kier molecular flexibility index (Phi) is 3.59. The lowest BCUT2D eigenvalue weighted by molar-refractivity contribution is 0.350. The molecule has 0 aromatic heterocycles. The Morgan fingerprint density at radius 2 is 2.00 bits per heavy atom. The Bertz CT molecular complexity index is 110. The van der Waals surface area contributed by atoms with Gasteiger partial charge in [0.2, 0.25) is 0 Å². The molecule has 66 valence electrons. The lowest BCUT2D eigenvalue weighted by Gasteiger charge is -2.39. The van der Waals surface area contributed by atoms with Gasteiger partial charge in [0.25, 0.3) is 0 Å². The minimum absolute atomic E-state index is 0.358. The molecule has 1 aliphatic heterocycles. The van der Waals surface area contributed by atoms with E-state index < -0.39 is 0 Å². The molecule has 1 rings (SSSR count). The van der Waals surface area contributed by atoms with Crippen LogP contribution >= 0.6 is 0 Å². The second-order valence-electron chi connectivity index (χ2n) is 3.92. The van der Waals surface area contributed by atoms with E-state index in [-0.39, 0.29) is 8.96 Å². The summed E-state index contributed by atoms with van der Waals surface area (Å²) in [7, 11) is -0.358. The molecule has 0 aromatic rings. The fraction of sp³-hybridized carbons (Fsp3) is 1.00. The van der Waals surface area contributed by atoms with Crippen LogP contribution in [0, 0.1) is 0 Å². The van der Waals surface area contributed by atoms with Crippen LogP contribution < -0.4 is 0 Å². The average molecular weight is 171 g/mol. The minimum Gasteiger partial charge on any atom is -0.324 e. The topological polar surface area (TPSA) is 3.24 Å². The zero-order chi connectivity index (χ0) is 8.27. The third kappa shape index (κ3) is 2.31. The quantitative estimate of drug-likeness (QED) is 0.586. The van der Waals surface area contributed by atoms with Gasteiger partial charge in [-0.1, -0.05) is 27.2 Å². The molecule has 0 radical (unpaired) electrons. The molecule has 1 nitrogen and oxygen atoms in total. The highest BCUT2D eigenvalue weighted by Gasteiger charge is 2.27. The predicted molar refractivity (Wildman–Crippen MR) is 53.5 cm³/mol. The molecule has 1 saturated heterocycles. The van der Waals surface area contributed by atoms with Crippen molar-refractivity contribution in [3.05, 3.63) is 0 Å². The molecule has 0 aliphatic carbocycles. The van der Waals surface area contributed by atoms with Crippen molar-refractivity contribution in [2.45, 2.75) is 51.7 Å². The van der Waals surface area contributed by atoms with Crippen molar-refractivity contribution in [3.63, 3.8) is 0 Å². The van der Waals surface area contributed by atoms with Crippen molar-refractivity contribution in [1.29, 1.82) is 0 Å². The molecule has 1 heterocycles. The van der Waals surface area contributed by atoms with Crippen molar-refractivity contribution < 1.29 is 0 Å². The molecular formula is C9H21NSi. The maximum absolute atomic E-state index is 2.80. The SMILES string of the molecule is CCCN(C(C)C)[SiH]1CCC1. The summed E-state index contributed by atoms with van der Waals surface area (Å²) >= 11 is 0. The zero-order valence-electron chi connectivity index (χ0n) is 8.14. The van der Waals surface area contributed by atoms with Crippen molar-refractivity contribution in [2.24, 2.45) is 0 Å². The van der Waals surface area contributed by atoms with Crippen LogP contribution in [0.4, 0.5) is 0 Å². The highest BCUT2D eigenvalue weighted by atomic mass is 28.3. The third-order valence-corrected chi connectivity index (χ3v) is 6.63. The summed E-state index contributed by atoms with van der Waals surface area (Å²) in [6, 6.07) is 3.98. The first-order chi connectivity index (χ1) is 5.25. The second-order valence-corrected chi connectivity index (χ2v) is 7.04. The Morgan fingerprint density at radius 1 is 1.36 bits per heavy atom. The molecule has 0 amide bonds. The lowest BCUT2D eigenvalue weighted by atomic mass is 10.4. The Hall–Kier alpha value is 0.177. The predicted octanol–water partition coefficient (Wildman–Crippen LogP) is 2.23. The summed E-state index contributed by atoms with van der Waals surface area (Å²) in [5.41, 5.74) is 0. The van der Waals surface area contributed by atoms with E-state index in [0.29, 0.717) is 0 Å². The molecule has 0 aromatic carbocycles. The van der Waals surface area contributed by atoms with Crippen LogP contribution in [0.3, 0.4) is 0 Å². The summed E-state index contributed by atoms with van der Waals surface area (Å²) in [5, 5.41) is 0. The van der Waals surface area contributed by atoms with Gasteiger partial charge in [-0.3, -0.25) is 0 Å². The van der Waals surface area contributed by atoms with E-state index in [1.165, 1.54) is 19.4 Å². The second kappa shape index (κ2) is 4.26. The van der Waals surface area contributed by atoms with E-state index in [0.717, 1.165) is 6.04 Å². The molecule has 0 unspecified atom stereocenters. The van der Waals surface area contributed by atoms with Crippen LogP contribution in [0.25, 0.3) is 0 Å². The highest BCUT2D eigenvalue weighted by Crippen LogP contribution is 2.24. The monoisotopic (exact) mass is 171 g/mol. The van der Waals surface area contributed by atoms with Crippen LogP contribution in [-0.2, 0) is 0 Å². The molecule has 0 bridgehead atoms. The molecule has 0 atom stereocenters. The van der Waals surface area contributed by atoms with Gasteiger partial charge >= 0.3 is 0 Å². The summed E-state index contributed by atoms with van der Waals surface area (Å²) in [6.07, 6.45) is 2.85. The average Bonchev–Trinajstić information content (AvgIpc) is 1.82. The smallest absolute Gasteiger partial charge is 0.112 e. The minimum atomic E-state index is -0.358. The number of hydrogen-bond acceptors (Lipinski definition) is 1. The molecule has 2 heteroatoms. The number of rotatable bonds is 4. The fourth-order valence-electron chi connectivity index (χ4n) is 1.84. The third-order valence-electron chi connectivity index (χ3n) is 2.69. The molecular weight excluding hydrogens is 150 g/mol. The zero-order valence-corrected chi connectivity index (χ0v) is 9.29. The van der Waals surface area contributed by atoms with E-state index >= 15 is 0 Å².